The Morgan fingerprint density at radius 1 is 1.13 bits per heavy atom. The van der Waals surface area contributed by atoms with Crippen LogP contribution in [0.5, 0.6) is 11.5 Å². The first kappa shape index (κ1) is 29.2. The number of aromatic amines is 1. The zero-order chi connectivity index (χ0) is 31.8. The van der Waals surface area contributed by atoms with Gasteiger partial charge < -0.3 is 41.3 Å². The van der Waals surface area contributed by atoms with Crippen LogP contribution in [-0.2, 0) is 18.3 Å². The van der Waals surface area contributed by atoms with Crippen molar-refractivity contribution in [2.75, 3.05) is 24.0 Å². The molecule has 2 atom stereocenters. The third kappa shape index (κ3) is 5.08. The zero-order valence-electron chi connectivity index (χ0n) is 22.9. The lowest BCUT2D eigenvalue weighted by molar-refractivity contribution is 0.0893. The molecule has 13 N–H and O–H groups in total. The van der Waals surface area contributed by atoms with E-state index in [9.17, 15) is 29.5 Å². The molecule has 3 aromatic rings. The molecule has 1 unspecified atom stereocenters. The lowest BCUT2D eigenvalue weighted by Gasteiger charge is -2.28. The van der Waals surface area contributed by atoms with Crippen molar-refractivity contribution in [1.29, 1.82) is 0 Å². The van der Waals surface area contributed by atoms with Crippen LogP contribution >= 0.6 is 16.3 Å². The Hall–Kier alpha value is -4.53. The second-order valence-corrected chi connectivity index (χ2v) is 12.6. The largest absolute Gasteiger partial charge is 0.663 e. The maximum atomic E-state index is 12.3. The number of nitrogen functional groups attached to an aromatic ring is 1. The van der Waals surface area contributed by atoms with Crippen molar-refractivity contribution in [1.82, 2.24) is 35.5 Å². The third-order valence-corrected chi connectivity index (χ3v) is 8.72. The van der Waals surface area contributed by atoms with Gasteiger partial charge in [0.1, 0.15) is 18.3 Å². The van der Waals surface area contributed by atoms with Gasteiger partial charge in [0.2, 0.25) is 23.3 Å². The zero-order valence-corrected chi connectivity index (χ0v) is 24.7. The topological polar surface area (TPSA) is 315 Å². The Labute approximate surface area is 251 Å². The summed E-state index contributed by atoms with van der Waals surface area (Å²) in [5, 5.41) is 20.3. The number of furan rings is 1. The fraction of sp³-hybridized carbons (Fsp3) is 0.286. The van der Waals surface area contributed by atoms with E-state index >= 15 is 0 Å². The van der Waals surface area contributed by atoms with Crippen molar-refractivity contribution in [2.24, 2.45) is 5.73 Å². The Morgan fingerprint density at radius 3 is 2.73 bits per heavy atom. The summed E-state index contributed by atoms with van der Waals surface area (Å²) in [5.41, 5.74) is 11.4. The van der Waals surface area contributed by atoms with Gasteiger partial charge in [-0.3, -0.25) is 24.1 Å². The molecular weight excluding hydrogens is 646 g/mol. The molecule has 1 saturated heterocycles. The van der Waals surface area contributed by atoms with E-state index in [1.165, 1.54) is 11.8 Å². The first-order valence-electron chi connectivity index (χ1n) is 12.9. The molecule has 0 spiro atoms. The maximum Gasteiger partial charge on any atom is 0.663 e. The predicted octanol–water partition coefficient (Wildman–Crippen LogP) is -1.11. The molecule has 0 saturated carbocycles. The highest BCUT2D eigenvalue weighted by atomic mass is 31.2. The van der Waals surface area contributed by atoms with E-state index in [0.717, 1.165) is 17.2 Å². The fourth-order valence-electron chi connectivity index (χ4n) is 4.99. The number of rotatable bonds is 2. The Morgan fingerprint density at radius 2 is 1.93 bits per heavy atom. The number of anilines is 2. The first-order chi connectivity index (χ1) is 21.3. The molecule has 24 heteroatoms. The number of aromatic hydroxyl groups is 1. The summed E-state index contributed by atoms with van der Waals surface area (Å²) >= 11 is 0. The Bertz CT molecular complexity index is 1870. The molecular formula is C21H26N10O12P2+2. The van der Waals surface area contributed by atoms with Crippen LogP contribution in [0.3, 0.4) is 0 Å². The van der Waals surface area contributed by atoms with Gasteiger partial charge in [0.15, 0.2) is 35.0 Å². The van der Waals surface area contributed by atoms with E-state index in [0.29, 0.717) is 11.5 Å². The second-order valence-electron chi connectivity index (χ2n) is 9.89. The standard InChI is InChI=1S/C21H24N10O12P2/c1-7-13-14(12(32)20(40-13)30-5-26-10-15(22)24-4-25-16(10)30)43-44(34,35)38-3-8-2-9(42-45(36,37)41-7)19(39-8)31-6-27-11-17(31)28-21(23)29-18(11)33/h3,6-7,16,24-26,34-37H,2,4-5,22H2,1H3,(H2-2,23,28,29,32,33)/p+2/b8-3+/t7-,16?/m1/s1. The highest BCUT2D eigenvalue weighted by molar-refractivity contribution is 7.55. The number of hydrogen-bond acceptors (Lipinski definition) is 20. The summed E-state index contributed by atoms with van der Waals surface area (Å²) in [6.07, 6.45) is -0.438. The van der Waals surface area contributed by atoms with Gasteiger partial charge in [-0.2, -0.15) is 24.6 Å². The summed E-state index contributed by atoms with van der Waals surface area (Å²) in [6.45, 7) is 1.68. The van der Waals surface area contributed by atoms with Crippen LogP contribution in [-0.4, -0.2) is 63.7 Å². The predicted molar refractivity (Wildman–Crippen MR) is 152 cm³/mol. The number of ether oxygens (including phenoxy) is 1. The summed E-state index contributed by atoms with van der Waals surface area (Å²) in [4.78, 5) is 67.4. The molecule has 0 aliphatic carbocycles. The van der Waals surface area contributed by atoms with Gasteiger partial charge in [-0.15, -0.1) is 4.52 Å². The minimum Gasteiger partial charge on any atom is -0.500 e. The second kappa shape index (κ2) is 10.3. The average Bonchev–Trinajstić information content (AvgIpc) is 3.72. The van der Waals surface area contributed by atoms with Crippen molar-refractivity contribution >= 4 is 45.2 Å². The van der Waals surface area contributed by atoms with Crippen molar-refractivity contribution in [3.63, 3.8) is 0 Å². The maximum absolute atomic E-state index is 12.3. The van der Waals surface area contributed by atoms with Crippen LogP contribution in [0.25, 0.3) is 17.0 Å². The molecule has 0 aromatic carbocycles. The van der Waals surface area contributed by atoms with Crippen LogP contribution in [0.15, 0.2) is 44.8 Å². The number of hydrogen-bond donors (Lipinski definition) is 11. The van der Waals surface area contributed by atoms with Gasteiger partial charge in [-0.25, -0.2) is 14.1 Å². The number of H-pyrrole nitrogens is 1. The monoisotopic (exact) mass is 672 g/mol. The number of aromatic nitrogens is 4. The van der Waals surface area contributed by atoms with Gasteiger partial charge in [0, 0.05) is 0 Å². The van der Waals surface area contributed by atoms with Crippen LogP contribution in [0.4, 0.5) is 11.8 Å². The molecule has 3 aromatic heterocycles. The molecule has 0 amide bonds. The SMILES string of the molecule is C[C@H]1O[P+](O)(O)OC2=C(n3cnc4c(=O)[nH]c(N)nc43)O/C(=C/O[P+](O)(O)Oc3c1oc(N1CNC4=C(N)NCNC41)c3O)C2. The van der Waals surface area contributed by atoms with Crippen molar-refractivity contribution in [3.05, 3.63) is 51.7 Å². The van der Waals surface area contributed by atoms with Crippen molar-refractivity contribution in [3.8, 4) is 11.5 Å². The van der Waals surface area contributed by atoms with E-state index in [2.05, 4.69) is 30.9 Å². The van der Waals surface area contributed by atoms with Gasteiger partial charge >= 0.3 is 16.3 Å². The minimum atomic E-state index is -4.83. The molecule has 240 valence electrons. The van der Waals surface area contributed by atoms with E-state index in [1.54, 1.807) is 0 Å². The van der Waals surface area contributed by atoms with Gasteiger partial charge in [0.05, 0.1) is 25.5 Å². The third-order valence-electron chi connectivity index (χ3n) is 6.87. The van der Waals surface area contributed by atoms with Crippen LogP contribution in [0, 0.1) is 0 Å². The smallest absolute Gasteiger partial charge is 0.500 e. The molecule has 7 heterocycles. The number of imidazole rings is 1. The van der Waals surface area contributed by atoms with E-state index < -0.39 is 45.7 Å². The van der Waals surface area contributed by atoms with E-state index in [4.69, 9.17) is 38.7 Å². The van der Waals surface area contributed by atoms with Crippen molar-refractivity contribution in [2.45, 2.75) is 25.6 Å². The molecule has 4 aliphatic heterocycles. The number of nitrogens with one attached hydrogen (secondary N) is 4. The summed E-state index contributed by atoms with van der Waals surface area (Å²) in [5.74, 6) is -2.40. The highest BCUT2D eigenvalue weighted by Gasteiger charge is 2.53. The summed E-state index contributed by atoms with van der Waals surface area (Å²) in [6, 6.07) is 0. The van der Waals surface area contributed by atoms with Crippen LogP contribution < -0.4 is 42.4 Å². The molecule has 7 rings (SSSR count). The molecule has 1 fully saturated rings. The highest BCUT2D eigenvalue weighted by Crippen LogP contribution is 2.63. The number of fused-ring (bicyclic) bond motifs is 5. The van der Waals surface area contributed by atoms with Crippen LogP contribution in [0.1, 0.15) is 25.2 Å². The minimum absolute atomic E-state index is 0.0677. The molecule has 0 radical (unpaired) electrons. The van der Waals surface area contributed by atoms with Gasteiger partial charge in [-0.05, 0) is 6.92 Å². The molecule has 2 bridgehead atoms. The average molecular weight is 672 g/mol. The quantitative estimate of drug-likeness (QED) is 0.144. The Balaban J connectivity index is 1.28. The molecule has 22 nitrogen and oxygen atoms in total. The summed E-state index contributed by atoms with van der Waals surface area (Å²) in [7, 11) is -9.64. The normalized spacial score (nSPS) is 25.2. The fourth-order valence-corrected chi connectivity index (χ4v) is 6.69. The van der Waals surface area contributed by atoms with Crippen LogP contribution in [0.2, 0.25) is 0 Å². The lowest BCUT2D eigenvalue weighted by Crippen LogP contribution is -2.51. The van der Waals surface area contributed by atoms with Gasteiger partial charge in [0.25, 0.3) is 17.2 Å². The molecule has 4 aliphatic rings. The summed E-state index contributed by atoms with van der Waals surface area (Å²) < 4.78 is 34.2. The van der Waals surface area contributed by atoms with E-state index in [1.807, 2.05) is 0 Å². The van der Waals surface area contributed by atoms with Crippen molar-refractivity contribution < 1.29 is 51.9 Å². The lowest BCUT2D eigenvalue weighted by atomic mass is 10.2. The van der Waals surface area contributed by atoms with Gasteiger partial charge in [-0.1, -0.05) is 0 Å². The Kier molecular flexibility index (Phi) is 6.65. The molecule has 45 heavy (non-hydrogen) atoms. The van der Waals surface area contributed by atoms with E-state index in [-0.39, 0.29) is 65.9 Å². The number of nitrogens with two attached hydrogens (primary N) is 2. The number of nitrogens with zero attached hydrogens (tertiary/aromatic N) is 4. The first-order valence-corrected chi connectivity index (χ1v) is 16.0.